The number of aromatic carboxylic acids is 1. The van der Waals surface area contributed by atoms with Gasteiger partial charge in [0.15, 0.2) is 0 Å². The van der Waals surface area contributed by atoms with Gasteiger partial charge in [0.2, 0.25) is 0 Å². The first-order valence-corrected chi connectivity index (χ1v) is 4.71. The van der Waals surface area contributed by atoms with Crippen molar-refractivity contribution in [2.24, 2.45) is 0 Å². The zero-order valence-corrected chi connectivity index (χ0v) is 8.52. The van der Waals surface area contributed by atoms with Crippen molar-refractivity contribution in [2.75, 3.05) is 0 Å². The molecule has 0 aliphatic heterocycles. The molecule has 2 aromatic rings. The van der Waals surface area contributed by atoms with Crippen molar-refractivity contribution in [2.45, 2.75) is 0 Å². The Morgan fingerprint density at radius 3 is 2.47 bits per heavy atom. The topological polar surface area (TPSA) is 50.2 Å². The molecule has 0 saturated carbocycles. The van der Waals surface area contributed by atoms with Gasteiger partial charge in [-0.25, -0.2) is 13.6 Å². The minimum atomic E-state index is -1.34. The van der Waals surface area contributed by atoms with Crippen molar-refractivity contribution >= 4 is 5.97 Å². The Morgan fingerprint density at radius 1 is 1.12 bits per heavy atom. The van der Waals surface area contributed by atoms with E-state index >= 15 is 0 Å². The summed E-state index contributed by atoms with van der Waals surface area (Å²) in [5.74, 6) is -2.74. The number of carboxylic acid groups (broad SMARTS) is 1. The Kier molecular flexibility index (Phi) is 2.82. The molecule has 17 heavy (non-hydrogen) atoms. The molecule has 0 unspecified atom stereocenters. The zero-order chi connectivity index (χ0) is 12.4. The summed E-state index contributed by atoms with van der Waals surface area (Å²) in [5.41, 5.74) is 0.346. The number of nitrogens with zero attached hydrogens (tertiary/aromatic N) is 1. The van der Waals surface area contributed by atoms with E-state index in [1.165, 1.54) is 18.3 Å². The quantitative estimate of drug-likeness (QED) is 0.870. The van der Waals surface area contributed by atoms with E-state index in [1.807, 2.05) is 0 Å². The Bertz CT molecular complexity index is 584. The summed E-state index contributed by atoms with van der Waals surface area (Å²) >= 11 is 0. The summed E-state index contributed by atoms with van der Waals surface area (Å²) in [5, 5.41) is 8.66. The number of hydrogen-bond acceptors (Lipinski definition) is 2. The number of pyridine rings is 1. The van der Waals surface area contributed by atoms with Crippen molar-refractivity contribution in [3.63, 3.8) is 0 Å². The summed E-state index contributed by atoms with van der Waals surface area (Å²) in [4.78, 5) is 14.2. The van der Waals surface area contributed by atoms with Crippen LogP contribution in [0.1, 0.15) is 10.4 Å². The Hall–Kier alpha value is -2.30. The van der Waals surface area contributed by atoms with Gasteiger partial charge < -0.3 is 5.11 Å². The van der Waals surface area contributed by atoms with Gasteiger partial charge in [0.25, 0.3) is 0 Å². The fourth-order valence-electron chi connectivity index (χ4n) is 1.44. The highest BCUT2D eigenvalue weighted by atomic mass is 19.1. The van der Waals surface area contributed by atoms with E-state index in [4.69, 9.17) is 5.11 Å². The molecule has 0 aliphatic rings. The number of halogens is 2. The summed E-state index contributed by atoms with van der Waals surface area (Å²) in [6, 6.07) is 4.78. The van der Waals surface area contributed by atoms with E-state index in [0.717, 1.165) is 18.3 Å². The van der Waals surface area contributed by atoms with Crippen LogP contribution in [0.4, 0.5) is 8.78 Å². The molecule has 0 radical (unpaired) electrons. The third-order valence-electron chi connectivity index (χ3n) is 2.24. The normalized spacial score (nSPS) is 10.2. The molecule has 0 fully saturated rings. The number of aromatic nitrogens is 1. The molecule has 1 aromatic heterocycles. The van der Waals surface area contributed by atoms with Gasteiger partial charge in [0.1, 0.15) is 11.6 Å². The SMILES string of the molecule is O=C(O)c1ccc(-c2cncc(F)c2)cc1F. The maximum Gasteiger partial charge on any atom is 0.338 e. The standard InChI is InChI=1S/C12H7F2NO2/c13-9-3-8(5-15-6-9)7-1-2-10(12(16)17)11(14)4-7/h1-6H,(H,16,17). The van der Waals surface area contributed by atoms with E-state index in [-0.39, 0.29) is 0 Å². The van der Waals surface area contributed by atoms with Crippen LogP contribution in [-0.2, 0) is 0 Å². The number of rotatable bonds is 2. The van der Waals surface area contributed by atoms with E-state index < -0.39 is 23.2 Å². The van der Waals surface area contributed by atoms with Crippen molar-refractivity contribution < 1.29 is 18.7 Å². The van der Waals surface area contributed by atoms with E-state index in [9.17, 15) is 13.6 Å². The van der Waals surface area contributed by atoms with Crippen LogP contribution in [0.2, 0.25) is 0 Å². The lowest BCUT2D eigenvalue weighted by Crippen LogP contribution is -2.00. The molecular weight excluding hydrogens is 228 g/mol. The van der Waals surface area contributed by atoms with Crippen LogP contribution in [0, 0.1) is 11.6 Å². The van der Waals surface area contributed by atoms with Crippen molar-refractivity contribution in [1.82, 2.24) is 4.98 Å². The third-order valence-corrected chi connectivity index (χ3v) is 2.24. The Morgan fingerprint density at radius 2 is 1.88 bits per heavy atom. The average molecular weight is 235 g/mol. The molecule has 0 amide bonds. The van der Waals surface area contributed by atoms with Gasteiger partial charge in [-0.2, -0.15) is 0 Å². The van der Waals surface area contributed by atoms with Gasteiger partial charge >= 0.3 is 5.97 Å². The molecule has 3 nitrogen and oxygen atoms in total. The number of hydrogen-bond donors (Lipinski definition) is 1. The largest absolute Gasteiger partial charge is 0.478 e. The number of carbonyl (C=O) groups is 1. The lowest BCUT2D eigenvalue weighted by Gasteiger charge is -2.03. The first-order chi connectivity index (χ1) is 8.08. The van der Waals surface area contributed by atoms with E-state index in [1.54, 1.807) is 0 Å². The summed E-state index contributed by atoms with van der Waals surface area (Å²) < 4.78 is 26.3. The second kappa shape index (κ2) is 4.29. The Labute approximate surface area is 95.4 Å². The molecule has 1 heterocycles. The van der Waals surface area contributed by atoms with Gasteiger partial charge in [-0.05, 0) is 23.8 Å². The molecule has 5 heteroatoms. The summed E-state index contributed by atoms with van der Waals surface area (Å²) in [7, 11) is 0. The molecule has 0 saturated heterocycles. The maximum absolute atomic E-state index is 13.4. The van der Waals surface area contributed by atoms with E-state index in [2.05, 4.69) is 4.98 Å². The van der Waals surface area contributed by atoms with Crippen LogP contribution in [0.3, 0.4) is 0 Å². The van der Waals surface area contributed by atoms with Crippen LogP contribution in [0.15, 0.2) is 36.7 Å². The zero-order valence-electron chi connectivity index (χ0n) is 8.52. The molecule has 0 atom stereocenters. The maximum atomic E-state index is 13.4. The fourth-order valence-corrected chi connectivity index (χ4v) is 1.44. The minimum absolute atomic E-state index is 0.375. The molecule has 0 aliphatic carbocycles. The fraction of sp³-hybridized carbons (Fsp3) is 0. The molecule has 1 aromatic carbocycles. The first kappa shape index (κ1) is 11.2. The van der Waals surface area contributed by atoms with Crippen LogP contribution in [-0.4, -0.2) is 16.1 Å². The third kappa shape index (κ3) is 2.28. The summed E-state index contributed by atoms with van der Waals surface area (Å²) in [6.45, 7) is 0. The number of carboxylic acids is 1. The average Bonchev–Trinajstić information content (AvgIpc) is 2.28. The highest BCUT2D eigenvalue weighted by Crippen LogP contribution is 2.21. The molecule has 0 spiro atoms. The van der Waals surface area contributed by atoms with Crippen LogP contribution < -0.4 is 0 Å². The highest BCUT2D eigenvalue weighted by Gasteiger charge is 2.11. The molecule has 0 bridgehead atoms. The molecular formula is C12H7F2NO2. The highest BCUT2D eigenvalue weighted by molar-refractivity contribution is 5.88. The van der Waals surface area contributed by atoms with Gasteiger partial charge in [-0.15, -0.1) is 0 Å². The molecule has 1 N–H and O–H groups in total. The van der Waals surface area contributed by atoms with E-state index in [0.29, 0.717) is 11.1 Å². The second-order valence-electron chi connectivity index (χ2n) is 3.39. The van der Waals surface area contributed by atoms with Crippen molar-refractivity contribution in [1.29, 1.82) is 0 Å². The van der Waals surface area contributed by atoms with Gasteiger partial charge in [0.05, 0.1) is 11.8 Å². The smallest absolute Gasteiger partial charge is 0.338 e. The summed E-state index contributed by atoms with van der Waals surface area (Å²) in [6.07, 6.45) is 2.41. The van der Waals surface area contributed by atoms with Crippen LogP contribution in [0.25, 0.3) is 11.1 Å². The molecule has 2 rings (SSSR count). The van der Waals surface area contributed by atoms with Gasteiger partial charge in [-0.3, -0.25) is 4.98 Å². The predicted molar refractivity (Wildman–Crippen MR) is 56.5 cm³/mol. The minimum Gasteiger partial charge on any atom is -0.478 e. The monoisotopic (exact) mass is 235 g/mol. The van der Waals surface area contributed by atoms with Crippen molar-refractivity contribution in [3.8, 4) is 11.1 Å². The molecule has 86 valence electrons. The van der Waals surface area contributed by atoms with Gasteiger partial charge in [-0.1, -0.05) is 6.07 Å². The lowest BCUT2D eigenvalue weighted by molar-refractivity contribution is 0.0692. The first-order valence-electron chi connectivity index (χ1n) is 4.71. The predicted octanol–water partition coefficient (Wildman–Crippen LogP) is 2.73. The van der Waals surface area contributed by atoms with Crippen molar-refractivity contribution in [3.05, 3.63) is 53.9 Å². The van der Waals surface area contributed by atoms with Gasteiger partial charge in [0, 0.05) is 11.8 Å². The number of benzene rings is 1. The lowest BCUT2D eigenvalue weighted by atomic mass is 10.1. The van der Waals surface area contributed by atoms with Crippen LogP contribution in [0.5, 0.6) is 0 Å². The Balaban J connectivity index is 2.48. The second-order valence-corrected chi connectivity index (χ2v) is 3.39. The van der Waals surface area contributed by atoms with Crippen LogP contribution >= 0.6 is 0 Å².